The Balaban J connectivity index is 1.71. The van der Waals surface area contributed by atoms with E-state index in [1.165, 1.54) is 0 Å². The van der Waals surface area contributed by atoms with E-state index >= 15 is 0 Å². The van der Waals surface area contributed by atoms with Gasteiger partial charge in [-0.15, -0.1) is 0 Å². The van der Waals surface area contributed by atoms with Gasteiger partial charge in [0.1, 0.15) is 17.5 Å². The molecule has 0 unspecified atom stereocenters. The fourth-order valence-corrected chi connectivity index (χ4v) is 1.94. The third-order valence-corrected chi connectivity index (χ3v) is 3.10. The lowest BCUT2D eigenvalue weighted by Crippen LogP contribution is -2.25. The van der Waals surface area contributed by atoms with Gasteiger partial charge in [0.25, 0.3) is 0 Å². The van der Waals surface area contributed by atoms with Crippen molar-refractivity contribution < 1.29 is 4.79 Å². The lowest BCUT2D eigenvalue weighted by atomic mass is 10.3. The first-order valence-corrected chi connectivity index (χ1v) is 7.34. The van der Waals surface area contributed by atoms with Crippen molar-refractivity contribution in [3.05, 3.63) is 11.9 Å². The molecule has 0 radical (unpaired) electrons. The van der Waals surface area contributed by atoms with Crippen LogP contribution in [0.15, 0.2) is 6.07 Å². The number of hydrogen-bond acceptors (Lipinski definition) is 5. The van der Waals surface area contributed by atoms with Gasteiger partial charge in [0.2, 0.25) is 5.91 Å². The second-order valence-corrected chi connectivity index (χ2v) is 5.22. The molecule has 20 heavy (non-hydrogen) atoms. The molecule has 0 atom stereocenters. The summed E-state index contributed by atoms with van der Waals surface area (Å²) in [5, 5.41) is 6.17. The predicted octanol–water partition coefficient (Wildman–Crippen LogP) is 1.48. The molecule has 110 valence electrons. The Bertz CT molecular complexity index is 459. The Kier molecular flexibility index (Phi) is 5.15. The van der Waals surface area contributed by atoms with Crippen molar-refractivity contribution in [3.8, 4) is 0 Å². The van der Waals surface area contributed by atoms with Crippen LogP contribution in [0.3, 0.4) is 0 Å². The third kappa shape index (κ3) is 5.03. The molecular formula is C14H23N5O. The Morgan fingerprint density at radius 2 is 2.25 bits per heavy atom. The first-order valence-electron chi connectivity index (χ1n) is 7.34. The number of anilines is 2. The maximum absolute atomic E-state index is 11.5. The van der Waals surface area contributed by atoms with E-state index in [0.717, 1.165) is 43.7 Å². The van der Waals surface area contributed by atoms with Crippen molar-refractivity contribution in [2.75, 3.05) is 17.6 Å². The lowest BCUT2D eigenvalue weighted by Gasteiger charge is -2.08. The number of carbonyl (C=O) groups excluding carboxylic acids is 1. The van der Waals surface area contributed by atoms with E-state index in [1.807, 2.05) is 0 Å². The molecule has 1 aromatic rings. The maximum Gasteiger partial charge on any atom is 0.220 e. The average molecular weight is 277 g/mol. The van der Waals surface area contributed by atoms with Gasteiger partial charge in [0.05, 0.1) is 0 Å². The highest BCUT2D eigenvalue weighted by Crippen LogP contribution is 2.18. The Morgan fingerprint density at radius 1 is 1.45 bits per heavy atom. The number of aromatic nitrogens is 2. The van der Waals surface area contributed by atoms with E-state index in [2.05, 4.69) is 27.5 Å². The zero-order valence-corrected chi connectivity index (χ0v) is 12.0. The van der Waals surface area contributed by atoms with E-state index in [-0.39, 0.29) is 5.91 Å². The summed E-state index contributed by atoms with van der Waals surface area (Å²) >= 11 is 0. The van der Waals surface area contributed by atoms with Gasteiger partial charge in [-0.1, -0.05) is 6.92 Å². The van der Waals surface area contributed by atoms with E-state index in [4.69, 9.17) is 5.73 Å². The van der Waals surface area contributed by atoms with Gasteiger partial charge in [0.15, 0.2) is 0 Å². The highest BCUT2D eigenvalue weighted by Gasteiger charge is 2.22. The zero-order chi connectivity index (χ0) is 14.4. The summed E-state index contributed by atoms with van der Waals surface area (Å²) in [6.45, 7) is 2.79. The van der Waals surface area contributed by atoms with E-state index in [1.54, 1.807) is 6.07 Å². The van der Waals surface area contributed by atoms with E-state index in [0.29, 0.717) is 24.8 Å². The van der Waals surface area contributed by atoms with Crippen molar-refractivity contribution in [1.82, 2.24) is 15.3 Å². The zero-order valence-electron chi connectivity index (χ0n) is 12.0. The van der Waals surface area contributed by atoms with Crippen LogP contribution in [0.5, 0.6) is 0 Å². The number of nitrogens with one attached hydrogen (secondary N) is 2. The number of nitrogens with zero attached hydrogens (tertiary/aromatic N) is 2. The molecule has 6 heteroatoms. The third-order valence-electron chi connectivity index (χ3n) is 3.10. The van der Waals surface area contributed by atoms with Crippen molar-refractivity contribution in [1.29, 1.82) is 0 Å². The number of amides is 1. The summed E-state index contributed by atoms with van der Waals surface area (Å²) in [6.07, 6.45) is 5.40. The minimum atomic E-state index is 0.142. The summed E-state index contributed by atoms with van der Waals surface area (Å²) in [4.78, 5) is 20.1. The van der Waals surface area contributed by atoms with Crippen LogP contribution in [0.4, 0.5) is 11.6 Å². The molecule has 1 saturated carbocycles. The van der Waals surface area contributed by atoms with Crippen LogP contribution in [0, 0.1) is 0 Å². The molecule has 4 N–H and O–H groups in total. The van der Waals surface area contributed by atoms with Crippen LogP contribution in [0.1, 0.15) is 44.9 Å². The van der Waals surface area contributed by atoms with Crippen LogP contribution in [-0.2, 0) is 11.2 Å². The first kappa shape index (κ1) is 14.6. The monoisotopic (exact) mass is 277 g/mol. The molecule has 0 aromatic carbocycles. The normalized spacial score (nSPS) is 14.1. The minimum absolute atomic E-state index is 0.142. The molecule has 1 aliphatic rings. The van der Waals surface area contributed by atoms with Gasteiger partial charge in [0, 0.05) is 31.5 Å². The summed E-state index contributed by atoms with van der Waals surface area (Å²) in [6, 6.07) is 2.16. The standard InChI is InChI=1S/C14H23N5O/c1-2-4-12-18-11(15)9-13(19-12)16-8-3-5-14(20)17-10-6-7-10/h9-10H,2-8H2,1H3,(H,17,20)(H3,15,16,18,19). The Morgan fingerprint density at radius 3 is 2.95 bits per heavy atom. The summed E-state index contributed by atoms with van der Waals surface area (Å²) in [5.41, 5.74) is 5.75. The average Bonchev–Trinajstić information content (AvgIpc) is 3.18. The van der Waals surface area contributed by atoms with Gasteiger partial charge in [-0.25, -0.2) is 9.97 Å². The van der Waals surface area contributed by atoms with E-state index < -0.39 is 0 Å². The molecular weight excluding hydrogens is 254 g/mol. The summed E-state index contributed by atoms with van der Waals surface area (Å²) in [5.74, 6) is 2.13. The fourth-order valence-electron chi connectivity index (χ4n) is 1.94. The number of rotatable bonds is 8. The number of carbonyl (C=O) groups is 1. The second kappa shape index (κ2) is 7.07. The first-order chi connectivity index (χ1) is 9.67. The molecule has 0 spiro atoms. The number of aryl methyl sites for hydroxylation is 1. The molecule has 1 aliphatic carbocycles. The highest BCUT2D eigenvalue weighted by atomic mass is 16.1. The molecule has 0 bridgehead atoms. The van der Waals surface area contributed by atoms with Crippen molar-refractivity contribution in [3.63, 3.8) is 0 Å². The highest BCUT2D eigenvalue weighted by molar-refractivity contribution is 5.76. The van der Waals surface area contributed by atoms with Crippen LogP contribution in [0.2, 0.25) is 0 Å². The van der Waals surface area contributed by atoms with Crippen molar-refractivity contribution >= 4 is 17.5 Å². The molecule has 1 heterocycles. The van der Waals surface area contributed by atoms with Crippen molar-refractivity contribution in [2.24, 2.45) is 0 Å². The molecule has 2 rings (SSSR count). The number of nitrogens with two attached hydrogens (primary N) is 1. The molecule has 1 fully saturated rings. The second-order valence-electron chi connectivity index (χ2n) is 5.22. The SMILES string of the molecule is CCCc1nc(N)cc(NCCCC(=O)NC2CC2)n1. The van der Waals surface area contributed by atoms with Gasteiger partial charge in [-0.2, -0.15) is 0 Å². The van der Waals surface area contributed by atoms with Gasteiger partial charge >= 0.3 is 0 Å². The Labute approximate surface area is 119 Å². The Hall–Kier alpha value is -1.85. The summed E-state index contributed by atoms with van der Waals surface area (Å²) < 4.78 is 0. The topological polar surface area (TPSA) is 92.9 Å². The minimum Gasteiger partial charge on any atom is -0.384 e. The van der Waals surface area contributed by atoms with Crippen LogP contribution >= 0.6 is 0 Å². The van der Waals surface area contributed by atoms with Gasteiger partial charge in [-0.05, 0) is 25.7 Å². The molecule has 1 aromatic heterocycles. The van der Waals surface area contributed by atoms with Crippen LogP contribution in [-0.4, -0.2) is 28.5 Å². The number of nitrogen functional groups attached to an aromatic ring is 1. The lowest BCUT2D eigenvalue weighted by molar-refractivity contribution is -0.121. The largest absolute Gasteiger partial charge is 0.384 e. The fraction of sp³-hybridized carbons (Fsp3) is 0.643. The quantitative estimate of drug-likeness (QED) is 0.626. The number of hydrogen-bond donors (Lipinski definition) is 3. The summed E-state index contributed by atoms with van der Waals surface area (Å²) in [7, 11) is 0. The van der Waals surface area contributed by atoms with Crippen LogP contribution < -0.4 is 16.4 Å². The molecule has 0 saturated heterocycles. The van der Waals surface area contributed by atoms with Crippen LogP contribution in [0.25, 0.3) is 0 Å². The van der Waals surface area contributed by atoms with Gasteiger partial charge in [-0.3, -0.25) is 4.79 Å². The molecule has 0 aliphatic heterocycles. The smallest absolute Gasteiger partial charge is 0.220 e. The maximum atomic E-state index is 11.5. The molecule has 1 amide bonds. The van der Waals surface area contributed by atoms with Crippen molar-refractivity contribution in [2.45, 2.75) is 51.5 Å². The van der Waals surface area contributed by atoms with Gasteiger partial charge < -0.3 is 16.4 Å². The predicted molar refractivity (Wildman–Crippen MR) is 79.3 cm³/mol. The van der Waals surface area contributed by atoms with E-state index in [9.17, 15) is 4.79 Å². The molecule has 6 nitrogen and oxygen atoms in total.